The summed E-state index contributed by atoms with van der Waals surface area (Å²) in [6.45, 7) is 6.60. The van der Waals surface area contributed by atoms with Crippen molar-refractivity contribution >= 4 is 11.8 Å². The van der Waals surface area contributed by atoms with Crippen LogP contribution in [0.4, 0.5) is 0 Å². The van der Waals surface area contributed by atoms with Gasteiger partial charge in [-0.15, -0.1) is 0 Å². The third-order valence-electron chi connectivity index (χ3n) is 3.26. The lowest BCUT2D eigenvalue weighted by molar-refractivity contribution is 0.413. The fraction of sp³-hybridized carbons (Fsp3) is 0.278. The van der Waals surface area contributed by atoms with Crippen molar-refractivity contribution in [3.05, 3.63) is 53.6 Å². The van der Waals surface area contributed by atoms with Gasteiger partial charge in [0, 0.05) is 9.79 Å². The molecule has 2 aromatic carbocycles. The standard InChI is InChI=1S/C18H19NOS/c1-18(2,3)14-6-9-16(10-7-14)21-17-11-15(20-4)8-5-13(17)12-19/h5-11H,1-4H3. The molecule has 0 aliphatic rings. The number of benzene rings is 2. The minimum absolute atomic E-state index is 0.150. The van der Waals surface area contributed by atoms with E-state index in [1.54, 1.807) is 24.9 Å². The Bertz CT molecular complexity index is 663. The summed E-state index contributed by atoms with van der Waals surface area (Å²) in [5, 5.41) is 9.21. The summed E-state index contributed by atoms with van der Waals surface area (Å²) in [5.74, 6) is 0.766. The molecule has 21 heavy (non-hydrogen) atoms. The summed E-state index contributed by atoms with van der Waals surface area (Å²) in [6.07, 6.45) is 0. The molecule has 3 heteroatoms. The molecule has 0 spiro atoms. The van der Waals surface area contributed by atoms with Crippen molar-refractivity contribution in [1.29, 1.82) is 5.26 Å². The van der Waals surface area contributed by atoms with Crippen LogP contribution in [-0.4, -0.2) is 7.11 Å². The van der Waals surface area contributed by atoms with Gasteiger partial charge in [-0.25, -0.2) is 0 Å². The summed E-state index contributed by atoms with van der Waals surface area (Å²) in [7, 11) is 1.63. The lowest BCUT2D eigenvalue weighted by atomic mass is 9.87. The Hall–Kier alpha value is -1.92. The molecule has 0 aliphatic carbocycles. The molecule has 0 heterocycles. The van der Waals surface area contributed by atoms with Crippen LogP contribution in [-0.2, 0) is 5.41 Å². The van der Waals surface area contributed by atoms with Gasteiger partial charge in [0.15, 0.2) is 0 Å². The molecule has 0 amide bonds. The van der Waals surface area contributed by atoms with Crippen molar-refractivity contribution in [3.63, 3.8) is 0 Å². The number of methoxy groups -OCH3 is 1. The molecule has 0 saturated carbocycles. The number of nitrogens with zero attached hydrogens (tertiary/aromatic N) is 1. The zero-order valence-electron chi connectivity index (χ0n) is 12.8. The molecular weight excluding hydrogens is 278 g/mol. The third kappa shape index (κ3) is 3.80. The summed E-state index contributed by atoms with van der Waals surface area (Å²) < 4.78 is 5.23. The van der Waals surface area contributed by atoms with Gasteiger partial charge in [0.2, 0.25) is 0 Å². The Kier molecular flexibility index (Phi) is 4.59. The summed E-state index contributed by atoms with van der Waals surface area (Å²) in [4.78, 5) is 2.04. The van der Waals surface area contributed by atoms with E-state index in [9.17, 15) is 5.26 Å². The van der Waals surface area contributed by atoms with Crippen LogP contribution in [0.15, 0.2) is 52.3 Å². The van der Waals surface area contributed by atoms with Gasteiger partial charge in [0.1, 0.15) is 11.8 Å². The number of ether oxygens (including phenoxy) is 1. The fourth-order valence-corrected chi connectivity index (χ4v) is 2.88. The first-order valence-electron chi connectivity index (χ1n) is 6.80. The van der Waals surface area contributed by atoms with Crippen molar-refractivity contribution in [2.24, 2.45) is 0 Å². The highest BCUT2D eigenvalue weighted by molar-refractivity contribution is 7.99. The maximum Gasteiger partial charge on any atom is 0.120 e. The zero-order chi connectivity index (χ0) is 15.5. The molecule has 0 fully saturated rings. The second-order valence-electron chi connectivity index (χ2n) is 5.85. The van der Waals surface area contributed by atoms with E-state index in [-0.39, 0.29) is 5.41 Å². The van der Waals surface area contributed by atoms with E-state index in [2.05, 4.69) is 51.1 Å². The van der Waals surface area contributed by atoms with Crippen molar-refractivity contribution < 1.29 is 4.74 Å². The molecule has 0 radical (unpaired) electrons. The van der Waals surface area contributed by atoms with Crippen LogP contribution in [0, 0.1) is 11.3 Å². The van der Waals surface area contributed by atoms with Gasteiger partial charge in [-0.3, -0.25) is 0 Å². The number of nitriles is 1. The Labute approximate surface area is 130 Å². The average Bonchev–Trinajstić information content (AvgIpc) is 2.46. The van der Waals surface area contributed by atoms with Crippen molar-refractivity contribution in [2.45, 2.75) is 36.0 Å². The van der Waals surface area contributed by atoms with Crippen LogP contribution >= 0.6 is 11.8 Å². The number of rotatable bonds is 3. The third-order valence-corrected chi connectivity index (χ3v) is 4.32. The van der Waals surface area contributed by atoms with Crippen LogP contribution in [0.25, 0.3) is 0 Å². The number of hydrogen-bond acceptors (Lipinski definition) is 3. The molecule has 2 nitrogen and oxygen atoms in total. The molecule has 0 aliphatic heterocycles. The van der Waals surface area contributed by atoms with E-state index in [4.69, 9.17) is 4.74 Å². The molecule has 0 aromatic heterocycles. The topological polar surface area (TPSA) is 33.0 Å². The van der Waals surface area contributed by atoms with Gasteiger partial charge < -0.3 is 4.74 Å². The summed E-state index contributed by atoms with van der Waals surface area (Å²) in [6, 6.07) is 16.2. The van der Waals surface area contributed by atoms with E-state index in [1.165, 1.54) is 5.56 Å². The minimum Gasteiger partial charge on any atom is -0.497 e. The number of hydrogen-bond donors (Lipinski definition) is 0. The molecule has 0 bridgehead atoms. The first kappa shape index (κ1) is 15.5. The highest BCUT2D eigenvalue weighted by Crippen LogP contribution is 2.34. The second-order valence-corrected chi connectivity index (χ2v) is 6.97. The maximum absolute atomic E-state index is 9.21. The van der Waals surface area contributed by atoms with Crippen LogP contribution in [0.3, 0.4) is 0 Å². The lowest BCUT2D eigenvalue weighted by Gasteiger charge is -2.19. The zero-order valence-corrected chi connectivity index (χ0v) is 13.6. The Morgan fingerprint density at radius 1 is 1.05 bits per heavy atom. The second kappa shape index (κ2) is 6.24. The highest BCUT2D eigenvalue weighted by atomic mass is 32.2. The van der Waals surface area contributed by atoms with Gasteiger partial charge in [-0.05, 0) is 41.3 Å². The van der Waals surface area contributed by atoms with Crippen LogP contribution in [0.1, 0.15) is 31.9 Å². The Morgan fingerprint density at radius 3 is 2.24 bits per heavy atom. The molecule has 2 rings (SSSR count). The largest absolute Gasteiger partial charge is 0.497 e. The fourth-order valence-electron chi connectivity index (χ4n) is 1.96. The first-order chi connectivity index (χ1) is 9.94. The SMILES string of the molecule is COc1ccc(C#N)c(Sc2ccc(C(C)(C)C)cc2)c1. The minimum atomic E-state index is 0.150. The Balaban J connectivity index is 2.28. The molecule has 108 valence electrons. The predicted molar refractivity (Wildman–Crippen MR) is 87.0 cm³/mol. The van der Waals surface area contributed by atoms with Gasteiger partial charge in [-0.2, -0.15) is 5.26 Å². The molecule has 0 saturated heterocycles. The van der Waals surface area contributed by atoms with E-state index in [1.807, 2.05) is 12.1 Å². The summed E-state index contributed by atoms with van der Waals surface area (Å²) in [5.41, 5.74) is 2.12. The molecule has 0 unspecified atom stereocenters. The van der Waals surface area contributed by atoms with Gasteiger partial charge in [0.05, 0.1) is 12.7 Å². The van der Waals surface area contributed by atoms with Gasteiger partial charge in [-0.1, -0.05) is 44.7 Å². The van der Waals surface area contributed by atoms with Crippen molar-refractivity contribution in [3.8, 4) is 11.8 Å². The lowest BCUT2D eigenvalue weighted by Crippen LogP contribution is -2.10. The van der Waals surface area contributed by atoms with Crippen LogP contribution in [0.2, 0.25) is 0 Å². The predicted octanol–water partition coefficient (Wildman–Crippen LogP) is 5.02. The Morgan fingerprint density at radius 2 is 1.71 bits per heavy atom. The highest BCUT2D eigenvalue weighted by Gasteiger charge is 2.13. The first-order valence-corrected chi connectivity index (χ1v) is 7.62. The van der Waals surface area contributed by atoms with E-state index >= 15 is 0 Å². The van der Waals surface area contributed by atoms with Crippen LogP contribution in [0.5, 0.6) is 5.75 Å². The monoisotopic (exact) mass is 297 g/mol. The smallest absolute Gasteiger partial charge is 0.120 e. The van der Waals surface area contributed by atoms with E-state index < -0.39 is 0 Å². The van der Waals surface area contributed by atoms with Gasteiger partial charge in [0.25, 0.3) is 0 Å². The normalized spacial score (nSPS) is 11.0. The van der Waals surface area contributed by atoms with Crippen molar-refractivity contribution in [2.75, 3.05) is 7.11 Å². The average molecular weight is 297 g/mol. The molecule has 2 aromatic rings. The maximum atomic E-state index is 9.21. The molecular formula is C18H19NOS. The van der Waals surface area contributed by atoms with Crippen LogP contribution < -0.4 is 4.74 Å². The van der Waals surface area contributed by atoms with Crippen molar-refractivity contribution in [1.82, 2.24) is 0 Å². The summed E-state index contributed by atoms with van der Waals surface area (Å²) >= 11 is 1.59. The molecule has 0 N–H and O–H groups in total. The molecule has 0 atom stereocenters. The van der Waals surface area contributed by atoms with E-state index in [0.29, 0.717) is 5.56 Å². The van der Waals surface area contributed by atoms with E-state index in [0.717, 1.165) is 15.5 Å². The quantitative estimate of drug-likeness (QED) is 0.798. The van der Waals surface area contributed by atoms with Gasteiger partial charge >= 0.3 is 0 Å².